The number of fused-ring (bicyclic) bond motifs is 5. The molecule has 2 aliphatic carbocycles. The van der Waals surface area contributed by atoms with Crippen molar-refractivity contribution in [3.63, 3.8) is 0 Å². The largest absolute Gasteiger partial charge is 0.491 e. The number of rotatable bonds is 8. The van der Waals surface area contributed by atoms with Crippen LogP contribution < -0.4 is 24.8 Å². The van der Waals surface area contributed by atoms with Gasteiger partial charge in [-0.2, -0.15) is 13.2 Å². The van der Waals surface area contributed by atoms with E-state index in [1.807, 2.05) is 37.3 Å². The Bertz CT molecular complexity index is 2180. The third kappa shape index (κ3) is 8.49. The minimum atomic E-state index is -4.91. The molecule has 1 aromatic carbocycles. The molecule has 0 radical (unpaired) electrons. The lowest BCUT2D eigenvalue weighted by molar-refractivity contribution is -0.244. The van der Waals surface area contributed by atoms with Gasteiger partial charge in [-0.15, -0.1) is 0 Å². The number of nitrogens with zero attached hydrogens (tertiary/aromatic N) is 2. The van der Waals surface area contributed by atoms with E-state index in [2.05, 4.69) is 15.4 Å². The maximum atomic E-state index is 15.0. The Kier molecular flexibility index (Phi) is 11.6. The maximum Gasteiger partial charge on any atom is 0.427 e. The molecular formula is C42H54F3N5O9S. The number of aryl methyl sites for hydroxylation is 1. The number of nitrogens with one attached hydrogen (secondary N) is 3. The zero-order valence-corrected chi connectivity index (χ0v) is 35.3. The highest BCUT2D eigenvalue weighted by atomic mass is 32.2. The van der Waals surface area contributed by atoms with Crippen LogP contribution in [-0.4, -0.2) is 95.5 Å². The Balaban J connectivity index is 1.25. The second-order valence-corrected chi connectivity index (χ2v) is 20.1. The molecule has 7 atom stereocenters. The number of amides is 4. The van der Waals surface area contributed by atoms with Crippen molar-refractivity contribution >= 4 is 44.6 Å². The van der Waals surface area contributed by atoms with Crippen molar-refractivity contribution in [2.45, 2.75) is 139 Å². The summed E-state index contributed by atoms with van der Waals surface area (Å²) in [6, 6.07) is 4.66. The molecule has 1 unspecified atom stereocenters. The molecule has 3 N–H and O–H groups in total. The smallest absolute Gasteiger partial charge is 0.427 e. The Labute approximate surface area is 347 Å². The predicted octanol–water partition coefficient (Wildman–Crippen LogP) is 5.62. The number of hydrogen-bond acceptors (Lipinski definition) is 10. The number of carbonyl (C=O) groups is 4. The van der Waals surface area contributed by atoms with Crippen LogP contribution in [0.1, 0.15) is 98.1 Å². The fourth-order valence-corrected chi connectivity index (χ4v) is 9.82. The highest BCUT2D eigenvalue weighted by Crippen LogP contribution is 2.48. The predicted molar refractivity (Wildman–Crippen MR) is 213 cm³/mol. The first kappa shape index (κ1) is 43.5. The summed E-state index contributed by atoms with van der Waals surface area (Å²) in [4.78, 5) is 63.0. The summed E-state index contributed by atoms with van der Waals surface area (Å²) < 4.78 is 86.5. The van der Waals surface area contributed by atoms with Crippen LogP contribution in [0.3, 0.4) is 0 Å². The van der Waals surface area contributed by atoms with E-state index in [0.717, 1.165) is 11.8 Å². The van der Waals surface area contributed by atoms with Gasteiger partial charge in [-0.25, -0.2) is 18.2 Å². The molecule has 1 aromatic heterocycles. The van der Waals surface area contributed by atoms with Gasteiger partial charge in [0.1, 0.15) is 29.5 Å². The molecule has 3 fully saturated rings. The first-order valence-corrected chi connectivity index (χ1v) is 22.3. The van der Waals surface area contributed by atoms with Gasteiger partial charge in [0.2, 0.25) is 33.3 Å². The van der Waals surface area contributed by atoms with Gasteiger partial charge < -0.3 is 29.7 Å². The van der Waals surface area contributed by atoms with E-state index in [-0.39, 0.29) is 31.2 Å². The Hall–Kier alpha value is -4.61. The van der Waals surface area contributed by atoms with Crippen LogP contribution >= 0.6 is 0 Å². The summed E-state index contributed by atoms with van der Waals surface area (Å²) in [5.74, 6) is -2.64. The topological polar surface area (TPSA) is 182 Å². The highest BCUT2D eigenvalue weighted by Gasteiger charge is 2.63. The Morgan fingerprint density at radius 2 is 1.83 bits per heavy atom. The second kappa shape index (κ2) is 16.0. The van der Waals surface area contributed by atoms with Crippen molar-refractivity contribution in [1.29, 1.82) is 0 Å². The summed E-state index contributed by atoms with van der Waals surface area (Å²) in [7, 11) is -4.08. The molecule has 328 valence electrons. The van der Waals surface area contributed by atoms with Crippen molar-refractivity contribution in [3.05, 3.63) is 42.1 Å². The molecule has 3 aliphatic heterocycles. The van der Waals surface area contributed by atoms with Crippen LogP contribution in [0.25, 0.3) is 10.8 Å². The SMILES string of the molecule is CC[C@@H]1C[C@H](C)CC/C=C\[C@@H]2C[C@@]2(C(=O)NS(=O)(=O)C2(C)CC2)NC(=O)[C@@H]2C[C@@H](Oc3nc4c(c5ccccc35)OCCC4)CN2C(=O)C1NC(=O)OC(C)(C)C(F)(F)F. The van der Waals surface area contributed by atoms with Crippen LogP contribution in [-0.2, 0) is 35.6 Å². The first-order valence-electron chi connectivity index (χ1n) is 20.8. The fraction of sp³-hybridized carbons (Fsp3) is 0.643. The zero-order chi connectivity index (χ0) is 43.4. The van der Waals surface area contributed by atoms with Crippen molar-refractivity contribution in [2.75, 3.05) is 13.2 Å². The molecule has 60 heavy (non-hydrogen) atoms. The number of pyridine rings is 1. The van der Waals surface area contributed by atoms with Gasteiger partial charge in [0.05, 0.1) is 23.6 Å². The van der Waals surface area contributed by atoms with Crippen molar-refractivity contribution < 1.29 is 55.0 Å². The third-order valence-electron chi connectivity index (χ3n) is 12.9. The number of sulfonamides is 1. The standard InChI is InChI=1S/C42H54F3N5O9S/c1-6-25-20-24(2)12-7-8-13-26-22-41(26,37(53)49-60(55,56)40(5)17-18-40)48-34(51)31-21-27(23-50(31)36(52)32(25)47-38(54)59-39(3,4)42(43,44)45)58-35-29-15-10-9-14-28(29)33-30(46-35)16-11-19-57-33/h8-10,13-15,24-27,31-32H,6-7,11-12,16-23H2,1-5H3,(H,47,54)(H,48,51)(H,49,53)/b13-8-/t24-,25-,26-,27-,31+,32?,41-/m1/s1. The number of alkyl carbamates (subject to hydrolysis) is 1. The number of alkyl halides is 3. The molecule has 1 saturated heterocycles. The average molecular weight is 862 g/mol. The number of hydrogen-bond donors (Lipinski definition) is 3. The van der Waals surface area contributed by atoms with Gasteiger partial charge in [0.15, 0.2) is 0 Å². The van der Waals surface area contributed by atoms with Gasteiger partial charge in [-0.05, 0) is 90.0 Å². The summed E-state index contributed by atoms with van der Waals surface area (Å²) >= 11 is 0. The highest BCUT2D eigenvalue weighted by molar-refractivity contribution is 7.91. The fourth-order valence-electron chi connectivity index (χ4n) is 8.51. The Morgan fingerprint density at radius 3 is 2.52 bits per heavy atom. The van der Waals surface area contributed by atoms with Crippen LogP contribution in [0.15, 0.2) is 36.4 Å². The van der Waals surface area contributed by atoms with Gasteiger partial charge in [-0.3, -0.25) is 19.1 Å². The van der Waals surface area contributed by atoms with E-state index in [1.54, 1.807) is 19.9 Å². The number of aromatic nitrogens is 1. The number of benzene rings is 1. The van der Waals surface area contributed by atoms with E-state index in [1.165, 1.54) is 4.90 Å². The van der Waals surface area contributed by atoms with Crippen LogP contribution in [0.2, 0.25) is 0 Å². The number of ether oxygens (including phenoxy) is 3. The lowest BCUT2D eigenvalue weighted by atomic mass is 9.85. The Morgan fingerprint density at radius 1 is 1.12 bits per heavy atom. The van der Waals surface area contributed by atoms with Gasteiger partial charge in [-0.1, -0.05) is 50.6 Å². The molecule has 2 saturated carbocycles. The molecule has 7 rings (SSSR count). The van der Waals surface area contributed by atoms with E-state index < -0.39 is 85.9 Å². The van der Waals surface area contributed by atoms with Crippen molar-refractivity contribution in [3.8, 4) is 11.6 Å². The van der Waals surface area contributed by atoms with Gasteiger partial charge in [0, 0.05) is 23.1 Å². The molecule has 0 spiro atoms. The molecule has 4 amide bonds. The normalized spacial score (nSPS) is 29.9. The van der Waals surface area contributed by atoms with Crippen LogP contribution in [0, 0.1) is 17.8 Å². The van der Waals surface area contributed by atoms with E-state index in [4.69, 9.17) is 19.2 Å². The number of allylic oxidation sites excluding steroid dienone is 1. The average Bonchev–Trinajstić information content (AvgIpc) is 4.07. The molecule has 14 nitrogen and oxygen atoms in total. The maximum absolute atomic E-state index is 15.0. The minimum Gasteiger partial charge on any atom is -0.491 e. The molecule has 0 bridgehead atoms. The lowest BCUT2D eigenvalue weighted by Crippen LogP contribution is -2.60. The van der Waals surface area contributed by atoms with Crippen molar-refractivity contribution in [2.24, 2.45) is 17.8 Å². The summed E-state index contributed by atoms with van der Waals surface area (Å²) in [6.45, 7) is 7.07. The summed E-state index contributed by atoms with van der Waals surface area (Å²) in [6.07, 6.45) is 0.535. The lowest BCUT2D eigenvalue weighted by Gasteiger charge is -2.35. The molecular weight excluding hydrogens is 808 g/mol. The first-order chi connectivity index (χ1) is 28.2. The van der Waals surface area contributed by atoms with E-state index in [0.29, 0.717) is 82.2 Å². The minimum absolute atomic E-state index is 0.0290. The van der Waals surface area contributed by atoms with Gasteiger partial charge in [0.25, 0.3) is 5.91 Å². The molecule has 5 aliphatic rings. The van der Waals surface area contributed by atoms with Crippen LogP contribution in [0.5, 0.6) is 11.6 Å². The number of carbonyl (C=O) groups excluding carboxylic acids is 4. The van der Waals surface area contributed by atoms with Gasteiger partial charge >= 0.3 is 12.3 Å². The van der Waals surface area contributed by atoms with Crippen molar-refractivity contribution in [1.82, 2.24) is 25.2 Å². The third-order valence-corrected chi connectivity index (χ3v) is 15.1. The summed E-state index contributed by atoms with van der Waals surface area (Å²) in [5.41, 5.74) is -3.83. The summed E-state index contributed by atoms with van der Waals surface area (Å²) in [5, 5.41) is 6.70. The monoisotopic (exact) mass is 861 g/mol. The zero-order valence-electron chi connectivity index (χ0n) is 34.5. The second-order valence-electron chi connectivity index (χ2n) is 17.9. The molecule has 4 heterocycles. The quantitative estimate of drug-likeness (QED) is 0.282. The molecule has 2 aromatic rings. The molecule has 18 heteroatoms. The van der Waals surface area contributed by atoms with E-state index in [9.17, 15) is 40.8 Å². The van der Waals surface area contributed by atoms with E-state index >= 15 is 0 Å². The number of halogens is 3. The van der Waals surface area contributed by atoms with Crippen LogP contribution in [0.4, 0.5) is 18.0 Å².